The van der Waals surface area contributed by atoms with Gasteiger partial charge in [0.15, 0.2) is 0 Å². The number of hydrogen-bond donors (Lipinski definition) is 0. The highest BCUT2D eigenvalue weighted by Gasteiger charge is 2.17. The molecular weight excluding hydrogens is 544 g/mol. The molecule has 5 aromatic carbocycles. The Bertz CT molecular complexity index is 1980. The summed E-state index contributed by atoms with van der Waals surface area (Å²) >= 11 is 0. The Labute approximate surface area is 256 Å². The van der Waals surface area contributed by atoms with E-state index in [1.54, 1.807) is 14.2 Å². The van der Waals surface area contributed by atoms with Crippen LogP contribution in [0.15, 0.2) is 109 Å². The fourth-order valence-electron chi connectivity index (χ4n) is 5.42. The smallest absolute Gasteiger partial charge is 0.118 e. The minimum absolute atomic E-state index is 0.795. The average molecular weight is 575 g/mol. The summed E-state index contributed by atoms with van der Waals surface area (Å²) in [6.45, 7) is 4.13. The van der Waals surface area contributed by atoms with E-state index in [9.17, 15) is 0 Å². The minimum Gasteiger partial charge on any atom is -0.497 e. The molecule has 0 aliphatic heterocycles. The average Bonchev–Trinajstić information content (AvgIpc) is 3.07. The van der Waals surface area contributed by atoms with Crippen molar-refractivity contribution in [2.24, 2.45) is 0 Å². The lowest BCUT2D eigenvalue weighted by Gasteiger charge is -2.14. The summed E-state index contributed by atoms with van der Waals surface area (Å²) in [6, 6.07) is 36.6. The van der Waals surface area contributed by atoms with Gasteiger partial charge in [0, 0.05) is 22.3 Å². The van der Waals surface area contributed by atoms with Crippen molar-refractivity contribution in [1.82, 2.24) is 19.9 Å². The molecule has 0 N–H and O–H groups in total. The van der Waals surface area contributed by atoms with Crippen LogP contribution in [0.25, 0.3) is 67.1 Å². The highest BCUT2D eigenvalue weighted by molar-refractivity contribution is 5.89. The zero-order valence-electron chi connectivity index (χ0n) is 25.0. The van der Waals surface area contributed by atoms with E-state index < -0.39 is 0 Å². The van der Waals surface area contributed by atoms with Crippen molar-refractivity contribution in [2.45, 2.75) is 13.8 Å². The third kappa shape index (κ3) is 5.11. The van der Waals surface area contributed by atoms with Crippen molar-refractivity contribution in [3.05, 3.63) is 120 Å². The van der Waals surface area contributed by atoms with Crippen LogP contribution < -0.4 is 9.47 Å². The maximum Gasteiger partial charge on any atom is 0.118 e. The molecule has 0 saturated heterocycles. The second-order valence-electron chi connectivity index (χ2n) is 10.9. The number of hydrogen-bond acceptors (Lipinski definition) is 6. The standard InChI is InChI=1S/C38H30N4O2/c1-23-5-19-31-33(21-23)41-37(27-11-15-29(43-3)16-12-27)35(39-31)25-7-9-26(10-8-25)36-38(28-13-17-30(44-4)18-14-28)42-34-22-24(2)6-20-32(34)40-36/h5-22H,1-4H3. The molecule has 0 radical (unpaired) electrons. The van der Waals surface area contributed by atoms with Crippen LogP contribution in [0.5, 0.6) is 11.5 Å². The Balaban J connectivity index is 1.37. The summed E-state index contributed by atoms with van der Waals surface area (Å²) in [5.41, 5.74) is 12.8. The van der Waals surface area contributed by atoms with Gasteiger partial charge < -0.3 is 9.47 Å². The van der Waals surface area contributed by atoms with Crippen LogP contribution in [0.3, 0.4) is 0 Å². The molecule has 7 rings (SSSR count). The molecule has 6 heteroatoms. The molecule has 7 aromatic rings. The first-order valence-electron chi connectivity index (χ1n) is 14.5. The van der Waals surface area contributed by atoms with Crippen molar-refractivity contribution < 1.29 is 9.47 Å². The van der Waals surface area contributed by atoms with Crippen molar-refractivity contribution >= 4 is 22.1 Å². The van der Waals surface area contributed by atoms with Gasteiger partial charge in [-0.1, -0.05) is 36.4 Å². The molecule has 2 heterocycles. The number of methoxy groups -OCH3 is 2. The molecule has 214 valence electrons. The number of rotatable bonds is 6. The second-order valence-corrected chi connectivity index (χ2v) is 10.9. The predicted octanol–water partition coefficient (Wildman–Crippen LogP) is 8.88. The zero-order valence-corrected chi connectivity index (χ0v) is 25.0. The predicted molar refractivity (Wildman–Crippen MR) is 177 cm³/mol. The van der Waals surface area contributed by atoms with Gasteiger partial charge in [0.1, 0.15) is 11.5 Å². The summed E-state index contributed by atoms with van der Waals surface area (Å²) in [6.07, 6.45) is 0. The van der Waals surface area contributed by atoms with E-state index in [4.69, 9.17) is 29.4 Å². The number of aryl methyl sites for hydroxylation is 2. The Morgan fingerprint density at radius 2 is 0.659 bits per heavy atom. The van der Waals surface area contributed by atoms with E-state index in [1.165, 1.54) is 0 Å². The van der Waals surface area contributed by atoms with Gasteiger partial charge in [-0.15, -0.1) is 0 Å². The number of benzene rings is 5. The maximum absolute atomic E-state index is 5.39. The molecule has 6 nitrogen and oxygen atoms in total. The van der Waals surface area contributed by atoms with Crippen molar-refractivity contribution in [3.8, 4) is 56.5 Å². The van der Waals surface area contributed by atoms with E-state index in [1.807, 2.05) is 60.7 Å². The molecule has 0 unspecified atom stereocenters. The summed E-state index contributed by atoms with van der Waals surface area (Å²) in [5.74, 6) is 1.59. The van der Waals surface area contributed by atoms with Crippen molar-refractivity contribution in [2.75, 3.05) is 14.2 Å². The van der Waals surface area contributed by atoms with Crippen LogP contribution in [0.1, 0.15) is 11.1 Å². The van der Waals surface area contributed by atoms with Crippen LogP contribution in [0.2, 0.25) is 0 Å². The van der Waals surface area contributed by atoms with Crippen LogP contribution in [-0.2, 0) is 0 Å². The van der Waals surface area contributed by atoms with Crippen LogP contribution in [-0.4, -0.2) is 34.2 Å². The van der Waals surface area contributed by atoms with Gasteiger partial charge in [0.05, 0.1) is 59.1 Å². The molecule has 0 atom stereocenters. The topological polar surface area (TPSA) is 70.0 Å². The minimum atomic E-state index is 0.795. The fraction of sp³-hybridized carbons (Fsp3) is 0.105. The van der Waals surface area contributed by atoms with Gasteiger partial charge >= 0.3 is 0 Å². The second kappa shape index (κ2) is 11.2. The Morgan fingerprint density at radius 3 is 0.977 bits per heavy atom. The van der Waals surface area contributed by atoms with Crippen LogP contribution >= 0.6 is 0 Å². The third-order valence-electron chi connectivity index (χ3n) is 7.80. The number of aromatic nitrogens is 4. The van der Waals surface area contributed by atoms with Gasteiger partial charge in [-0.05, 0) is 97.8 Å². The first kappa shape index (κ1) is 27.2. The van der Waals surface area contributed by atoms with Gasteiger partial charge in [0.2, 0.25) is 0 Å². The highest BCUT2D eigenvalue weighted by Crippen LogP contribution is 2.36. The van der Waals surface area contributed by atoms with Gasteiger partial charge in [-0.3, -0.25) is 0 Å². The van der Waals surface area contributed by atoms with Gasteiger partial charge in [0.25, 0.3) is 0 Å². The normalized spacial score (nSPS) is 11.2. The molecule has 0 fully saturated rings. The van der Waals surface area contributed by atoms with E-state index >= 15 is 0 Å². The summed E-state index contributed by atoms with van der Waals surface area (Å²) in [4.78, 5) is 20.4. The Kier molecular flexibility index (Phi) is 6.95. The van der Waals surface area contributed by atoms with Gasteiger partial charge in [-0.25, -0.2) is 19.9 Å². The van der Waals surface area contributed by atoms with Crippen LogP contribution in [0, 0.1) is 13.8 Å². The Morgan fingerprint density at radius 1 is 0.364 bits per heavy atom. The molecule has 2 aromatic heterocycles. The molecule has 0 aliphatic rings. The molecule has 0 aliphatic carbocycles. The maximum atomic E-state index is 5.39. The molecule has 0 bridgehead atoms. The van der Waals surface area contributed by atoms with E-state index in [0.29, 0.717) is 0 Å². The number of ether oxygens (including phenoxy) is 2. The molecule has 0 saturated carbocycles. The SMILES string of the molecule is COc1ccc(-c2nc3cc(C)ccc3nc2-c2ccc(-c3nc4ccc(C)cc4nc3-c3ccc(OC)cc3)cc2)cc1. The van der Waals surface area contributed by atoms with Gasteiger partial charge in [-0.2, -0.15) is 0 Å². The lowest BCUT2D eigenvalue weighted by molar-refractivity contribution is 0.415. The molecule has 0 amide bonds. The van der Waals surface area contributed by atoms with Crippen molar-refractivity contribution in [1.29, 1.82) is 0 Å². The zero-order chi connectivity index (χ0) is 30.2. The lowest BCUT2D eigenvalue weighted by atomic mass is 9.99. The largest absolute Gasteiger partial charge is 0.497 e. The third-order valence-corrected chi connectivity index (χ3v) is 7.80. The first-order valence-corrected chi connectivity index (χ1v) is 14.5. The molecular formula is C38H30N4O2. The fourth-order valence-corrected chi connectivity index (χ4v) is 5.42. The van der Waals surface area contributed by atoms with Crippen molar-refractivity contribution in [3.63, 3.8) is 0 Å². The summed E-state index contributed by atoms with van der Waals surface area (Å²) < 4.78 is 10.8. The molecule has 0 spiro atoms. The highest BCUT2D eigenvalue weighted by atomic mass is 16.5. The summed E-state index contributed by atoms with van der Waals surface area (Å²) in [7, 11) is 3.34. The lowest BCUT2D eigenvalue weighted by Crippen LogP contribution is -1.98. The van der Waals surface area contributed by atoms with E-state index in [0.717, 1.165) is 89.7 Å². The van der Waals surface area contributed by atoms with Crippen LogP contribution in [0.4, 0.5) is 0 Å². The van der Waals surface area contributed by atoms with E-state index in [-0.39, 0.29) is 0 Å². The number of fused-ring (bicyclic) bond motifs is 2. The molecule has 44 heavy (non-hydrogen) atoms. The first-order chi connectivity index (χ1) is 21.5. The Hall–Kier alpha value is -5.62. The summed E-state index contributed by atoms with van der Waals surface area (Å²) in [5, 5.41) is 0. The van der Waals surface area contributed by atoms with E-state index in [2.05, 4.69) is 62.4 Å². The number of nitrogens with zero attached hydrogens (tertiary/aromatic N) is 4. The quantitative estimate of drug-likeness (QED) is 0.198. The monoisotopic (exact) mass is 574 g/mol.